The van der Waals surface area contributed by atoms with Crippen molar-refractivity contribution in [3.8, 4) is 39.5 Å². The highest BCUT2D eigenvalue weighted by Gasteiger charge is 2.26. The highest BCUT2D eigenvalue weighted by atomic mass is 28.3. The molecule has 0 bridgehead atoms. The Balaban J connectivity index is 1.86. The normalized spacial score (nSPS) is 12.9. The van der Waals surface area contributed by atoms with Gasteiger partial charge in [0.2, 0.25) is 0 Å². The summed E-state index contributed by atoms with van der Waals surface area (Å²) in [5.41, 5.74) is 10.7. The molecule has 0 atom stereocenters. The average Bonchev–Trinajstić information content (AvgIpc) is 3.31. The van der Waals surface area contributed by atoms with Crippen LogP contribution in [0.2, 0.25) is 39.3 Å². The Hall–Kier alpha value is -3.49. The molecule has 0 saturated carbocycles. The number of nitrogens with zero attached hydrogens (tertiary/aromatic N) is 3. The van der Waals surface area contributed by atoms with Gasteiger partial charge in [-0.15, -0.1) is 0 Å². The number of benzene rings is 3. The molecule has 0 radical (unpaired) electrons. The minimum absolute atomic E-state index is 0.0533. The standard InChI is InChI=1S/C41H55N3OSi2/c1-25(2)27-20-33(26(3)4)39(45)35(21-27)40-43-38-34(22-32(47(12,13)14)24-37(38)44(40)8)28-17-29(19-30(18-28)41(5,6)7)36-23-31(15-16-42-36)46(9,10)11/h15-26,45H,1-14H3. The molecule has 2 aromatic heterocycles. The number of imidazole rings is 1. The Kier molecular flexibility index (Phi) is 9.04. The number of aryl methyl sites for hydroxylation is 1. The Morgan fingerprint density at radius 3 is 1.94 bits per heavy atom. The summed E-state index contributed by atoms with van der Waals surface area (Å²) < 4.78 is 2.19. The average molecular weight is 662 g/mol. The van der Waals surface area contributed by atoms with E-state index in [1.165, 1.54) is 21.5 Å². The lowest BCUT2D eigenvalue weighted by Gasteiger charge is -2.23. The third kappa shape index (κ3) is 6.91. The van der Waals surface area contributed by atoms with Crippen molar-refractivity contribution in [2.45, 2.75) is 105 Å². The summed E-state index contributed by atoms with van der Waals surface area (Å²) in [6.07, 6.45) is 1.98. The van der Waals surface area contributed by atoms with E-state index in [1.54, 1.807) is 0 Å². The number of aromatic hydroxyl groups is 1. The van der Waals surface area contributed by atoms with Gasteiger partial charge in [0.1, 0.15) is 11.6 Å². The summed E-state index contributed by atoms with van der Waals surface area (Å²) in [5.74, 6) is 1.66. The highest BCUT2D eigenvalue weighted by molar-refractivity contribution is 6.89. The van der Waals surface area contributed by atoms with Crippen LogP contribution in [0.15, 0.2) is 60.8 Å². The van der Waals surface area contributed by atoms with Crippen molar-refractivity contribution in [1.29, 1.82) is 0 Å². The van der Waals surface area contributed by atoms with Gasteiger partial charge >= 0.3 is 0 Å². The molecule has 0 amide bonds. The van der Waals surface area contributed by atoms with Crippen molar-refractivity contribution in [1.82, 2.24) is 14.5 Å². The minimum Gasteiger partial charge on any atom is -0.507 e. The smallest absolute Gasteiger partial charge is 0.144 e. The summed E-state index contributed by atoms with van der Waals surface area (Å²) in [7, 11) is -1.14. The van der Waals surface area contributed by atoms with E-state index < -0.39 is 16.1 Å². The molecule has 5 aromatic rings. The molecule has 0 aliphatic carbocycles. The van der Waals surface area contributed by atoms with Crippen LogP contribution in [0.25, 0.3) is 44.8 Å². The predicted molar refractivity (Wildman–Crippen MR) is 209 cm³/mol. The number of hydrogen-bond donors (Lipinski definition) is 1. The number of fused-ring (bicyclic) bond motifs is 1. The molecule has 2 heterocycles. The Bertz CT molecular complexity index is 1960. The lowest BCUT2D eigenvalue weighted by Crippen LogP contribution is -2.37. The van der Waals surface area contributed by atoms with E-state index in [1.807, 2.05) is 6.20 Å². The summed E-state index contributed by atoms with van der Waals surface area (Å²) >= 11 is 0. The maximum Gasteiger partial charge on any atom is 0.144 e. The molecule has 47 heavy (non-hydrogen) atoms. The van der Waals surface area contributed by atoms with E-state index in [9.17, 15) is 5.11 Å². The van der Waals surface area contributed by atoms with Crippen molar-refractivity contribution in [3.05, 3.63) is 77.5 Å². The Morgan fingerprint density at radius 1 is 0.723 bits per heavy atom. The van der Waals surface area contributed by atoms with Gasteiger partial charge in [-0.25, -0.2) is 4.98 Å². The van der Waals surface area contributed by atoms with Gasteiger partial charge in [0, 0.05) is 24.4 Å². The summed E-state index contributed by atoms with van der Waals surface area (Å²) in [6.45, 7) is 29.9. The molecular formula is C41H55N3OSi2. The fourth-order valence-corrected chi connectivity index (χ4v) is 8.52. The largest absolute Gasteiger partial charge is 0.507 e. The van der Waals surface area contributed by atoms with Crippen LogP contribution >= 0.6 is 0 Å². The van der Waals surface area contributed by atoms with Crippen LogP contribution in [-0.2, 0) is 12.5 Å². The second-order valence-corrected chi connectivity index (χ2v) is 27.3. The summed E-state index contributed by atoms with van der Waals surface area (Å²) in [4.78, 5) is 10.3. The molecule has 4 nitrogen and oxygen atoms in total. The first-order valence-corrected chi connectivity index (χ1v) is 24.2. The molecule has 0 fully saturated rings. The first kappa shape index (κ1) is 34.8. The second-order valence-electron chi connectivity index (χ2n) is 17.2. The number of pyridine rings is 1. The summed E-state index contributed by atoms with van der Waals surface area (Å²) in [6, 6.07) is 20.5. The molecule has 0 aliphatic rings. The Morgan fingerprint density at radius 2 is 1.36 bits per heavy atom. The van der Waals surface area contributed by atoms with Gasteiger partial charge in [0.25, 0.3) is 0 Å². The van der Waals surface area contributed by atoms with E-state index in [0.29, 0.717) is 11.7 Å². The second kappa shape index (κ2) is 12.2. The van der Waals surface area contributed by atoms with E-state index >= 15 is 0 Å². The van der Waals surface area contributed by atoms with E-state index in [-0.39, 0.29) is 11.3 Å². The third-order valence-corrected chi connectivity index (χ3v) is 13.6. The number of phenols is 1. The van der Waals surface area contributed by atoms with Crippen molar-refractivity contribution >= 4 is 37.6 Å². The molecule has 0 aliphatic heterocycles. The molecule has 1 N–H and O–H groups in total. The number of rotatable bonds is 7. The molecule has 0 unspecified atom stereocenters. The van der Waals surface area contributed by atoms with Gasteiger partial charge in [-0.05, 0) is 75.9 Å². The molecule has 6 heteroatoms. The van der Waals surface area contributed by atoms with Gasteiger partial charge in [-0.3, -0.25) is 4.98 Å². The maximum absolute atomic E-state index is 11.7. The minimum atomic E-state index is -1.72. The highest BCUT2D eigenvalue weighted by Crippen LogP contribution is 2.41. The fourth-order valence-electron chi connectivity index (χ4n) is 6.22. The molecule has 248 valence electrons. The fraction of sp³-hybridized carbons (Fsp3) is 0.415. The van der Waals surface area contributed by atoms with Crippen molar-refractivity contribution in [3.63, 3.8) is 0 Å². The lowest BCUT2D eigenvalue weighted by molar-refractivity contribution is 0.465. The zero-order chi connectivity index (χ0) is 34.8. The van der Waals surface area contributed by atoms with Gasteiger partial charge in [0.05, 0.1) is 38.4 Å². The summed E-state index contributed by atoms with van der Waals surface area (Å²) in [5, 5.41) is 14.5. The third-order valence-electron chi connectivity index (χ3n) is 9.58. The number of aromatic nitrogens is 3. The predicted octanol–water partition coefficient (Wildman–Crippen LogP) is 10.3. The van der Waals surface area contributed by atoms with Gasteiger partial charge in [-0.2, -0.15) is 0 Å². The zero-order valence-electron chi connectivity index (χ0n) is 31.2. The van der Waals surface area contributed by atoms with Crippen molar-refractivity contribution in [2.24, 2.45) is 7.05 Å². The van der Waals surface area contributed by atoms with Crippen LogP contribution in [0.5, 0.6) is 5.75 Å². The molecule has 0 spiro atoms. The maximum atomic E-state index is 11.7. The first-order chi connectivity index (χ1) is 21.7. The topological polar surface area (TPSA) is 50.9 Å². The van der Waals surface area contributed by atoms with E-state index in [0.717, 1.165) is 50.4 Å². The monoisotopic (exact) mass is 661 g/mol. The number of hydrogen-bond acceptors (Lipinski definition) is 3. The van der Waals surface area contributed by atoms with Crippen LogP contribution in [0, 0.1) is 0 Å². The van der Waals surface area contributed by atoms with Crippen molar-refractivity contribution < 1.29 is 5.11 Å². The quantitative estimate of drug-likeness (QED) is 0.177. The lowest BCUT2D eigenvalue weighted by atomic mass is 9.83. The van der Waals surface area contributed by atoms with Crippen LogP contribution in [0.3, 0.4) is 0 Å². The number of phenolic OH excluding ortho intramolecular Hbond substituents is 1. The Labute approximate surface area is 285 Å². The van der Waals surface area contributed by atoms with Crippen LogP contribution in [-0.4, -0.2) is 35.8 Å². The van der Waals surface area contributed by atoms with Crippen molar-refractivity contribution in [2.75, 3.05) is 0 Å². The van der Waals surface area contributed by atoms with Crippen LogP contribution in [0.4, 0.5) is 0 Å². The van der Waals surface area contributed by atoms with Gasteiger partial charge in [-0.1, -0.05) is 116 Å². The molecular weight excluding hydrogens is 607 g/mol. The molecule has 5 rings (SSSR count). The van der Waals surface area contributed by atoms with E-state index in [2.05, 4.69) is 154 Å². The van der Waals surface area contributed by atoms with Gasteiger partial charge in [0.15, 0.2) is 0 Å². The van der Waals surface area contributed by atoms with Gasteiger partial charge < -0.3 is 9.67 Å². The van der Waals surface area contributed by atoms with Crippen LogP contribution < -0.4 is 10.4 Å². The SMILES string of the molecule is CC(C)c1cc(-c2nc3c(-c4cc(-c5cc([Si](C)(C)C)ccn5)cc(C(C)(C)C)c4)cc([Si](C)(C)C)cc3n2C)c(O)c(C(C)C)c1. The zero-order valence-corrected chi connectivity index (χ0v) is 33.2. The first-order valence-electron chi connectivity index (χ1n) is 17.2. The van der Waals surface area contributed by atoms with E-state index in [4.69, 9.17) is 9.97 Å². The van der Waals surface area contributed by atoms with Crippen LogP contribution in [0.1, 0.15) is 77.0 Å². The molecule has 3 aromatic carbocycles. The molecule has 0 saturated heterocycles.